The van der Waals surface area contributed by atoms with Gasteiger partial charge in [0, 0.05) is 25.9 Å². The second kappa shape index (κ2) is 23.6. The zero-order chi connectivity index (χ0) is 24.6. The molecule has 194 valence electrons. The van der Waals surface area contributed by atoms with Crippen LogP contribution in [0, 0.1) is 0 Å². The fraction of sp³-hybridized carbons (Fsp3) is 0.889. The predicted octanol–water partition coefficient (Wildman–Crippen LogP) is 5.79. The average molecular weight is 468 g/mol. The van der Waals surface area contributed by atoms with Crippen LogP contribution in [0.3, 0.4) is 0 Å². The fourth-order valence-corrected chi connectivity index (χ4v) is 3.77. The van der Waals surface area contributed by atoms with E-state index in [1.165, 1.54) is 57.8 Å². The van der Waals surface area contributed by atoms with Gasteiger partial charge in [0.15, 0.2) is 0 Å². The van der Waals surface area contributed by atoms with Gasteiger partial charge in [-0.25, -0.2) is 0 Å². The van der Waals surface area contributed by atoms with Crippen molar-refractivity contribution >= 4 is 17.7 Å². The van der Waals surface area contributed by atoms with Crippen molar-refractivity contribution in [2.45, 2.75) is 142 Å². The van der Waals surface area contributed by atoms with Crippen molar-refractivity contribution in [1.82, 2.24) is 16.0 Å². The van der Waals surface area contributed by atoms with E-state index in [4.69, 9.17) is 0 Å². The van der Waals surface area contributed by atoms with Gasteiger partial charge in [0.25, 0.3) is 0 Å². The number of rotatable bonds is 23. The van der Waals surface area contributed by atoms with E-state index < -0.39 is 6.04 Å². The summed E-state index contributed by atoms with van der Waals surface area (Å²) in [5, 5.41) is 8.64. The Labute approximate surface area is 203 Å². The van der Waals surface area contributed by atoms with Gasteiger partial charge in [-0.1, -0.05) is 97.8 Å². The lowest BCUT2D eigenvalue weighted by Crippen LogP contribution is -2.47. The van der Waals surface area contributed by atoms with Crippen LogP contribution in [0.5, 0.6) is 0 Å². The standard InChI is InChI=1S/C27H53N3O3/c1-4-7-10-11-12-13-14-15-16-17-18-19-26(32)30-24(27(33)29-23-9-6-3)20-21-25(31)28-22-8-5-2/h24H,4-23H2,1-3H3,(H,28,31)(H,29,33)(H,30,32). The van der Waals surface area contributed by atoms with Gasteiger partial charge in [-0.05, 0) is 25.7 Å². The van der Waals surface area contributed by atoms with Crippen molar-refractivity contribution in [3.05, 3.63) is 0 Å². The highest BCUT2D eigenvalue weighted by molar-refractivity contribution is 5.88. The largest absolute Gasteiger partial charge is 0.356 e. The molecule has 0 radical (unpaired) electrons. The maximum atomic E-state index is 12.5. The number of nitrogens with one attached hydrogen (secondary N) is 3. The lowest BCUT2D eigenvalue weighted by molar-refractivity contribution is -0.129. The van der Waals surface area contributed by atoms with Gasteiger partial charge in [0.1, 0.15) is 6.04 Å². The van der Waals surface area contributed by atoms with Crippen molar-refractivity contribution in [1.29, 1.82) is 0 Å². The highest BCUT2D eigenvalue weighted by atomic mass is 16.2. The Morgan fingerprint density at radius 1 is 0.545 bits per heavy atom. The van der Waals surface area contributed by atoms with E-state index in [2.05, 4.69) is 36.7 Å². The first-order valence-corrected chi connectivity index (χ1v) is 13.9. The van der Waals surface area contributed by atoms with Crippen LogP contribution < -0.4 is 16.0 Å². The first kappa shape index (κ1) is 31.4. The van der Waals surface area contributed by atoms with E-state index in [0.29, 0.717) is 25.9 Å². The molecular formula is C27H53N3O3. The van der Waals surface area contributed by atoms with Crippen LogP contribution >= 0.6 is 0 Å². The Morgan fingerprint density at radius 3 is 1.58 bits per heavy atom. The third kappa shape index (κ3) is 20.7. The minimum Gasteiger partial charge on any atom is -0.356 e. The smallest absolute Gasteiger partial charge is 0.242 e. The van der Waals surface area contributed by atoms with Gasteiger partial charge < -0.3 is 16.0 Å². The quantitative estimate of drug-likeness (QED) is 0.166. The maximum absolute atomic E-state index is 12.5. The minimum absolute atomic E-state index is 0.0607. The molecule has 0 aliphatic carbocycles. The third-order valence-electron chi connectivity index (χ3n) is 6.00. The Balaban J connectivity index is 4.14. The minimum atomic E-state index is -0.640. The van der Waals surface area contributed by atoms with Crippen molar-refractivity contribution in [2.75, 3.05) is 13.1 Å². The van der Waals surface area contributed by atoms with Gasteiger partial charge in [-0.2, -0.15) is 0 Å². The molecule has 1 atom stereocenters. The number of amides is 3. The molecule has 3 N–H and O–H groups in total. The summed E-state index contributed by atoms with van der Waals surface area (Å²) in [5.41, 5.74) is 0. The molecule has 0 fully saturated rings. The highest BCUT2D eigenvalue weighted by Gasteiger charge is 2.21. The second-order valence-electron chi connectivity index (χ2n) is 9.29. The molecule has 0 aliphatic rings. The second-order valence-corrected chi connectivity index (χ2v) is 9.29. The molecular weight excluding hydrogens is 414 g/mol. The van der Waals surface area contributed by atoms with Crippen molar-refractivity contribution in [2.24, 2.45) is 0 Å². The summed E-state index contributed by atoms with van der Waals surface area (Å²) < 4.78 is 0. The molecule has 0 saturated heterocycles. The number of unbranched alkanes of at least 4 members (excludes halogenated alkanes) is 12. The normalized spacial score (nSPS) is 11.7. The molecule has 33 heavy (non-hydrogen) atoms. The molecule has 0 aromatic heterocycles. The molecule has 0 aliphatic heterocycles. The van der Waals surface area contributed by atoms with E-state index in [0.717, 1.165) is 38.5 Å². The molecule has 0 aromatic carbocycles. The summed E-state index contributed by atoms with van der Waals surface area (Å²) in [4.78, 5) is 37.0. The lowest BCUT2D eigenvalue weighted by atomic mass is 10.0. The Hall–Kier alpha value is -1.59. The van der Waals surface area contributed by atoms with E-state index in [1.54, 1.807) is 0 Å². The molecule has 0 heterocycles. The van der Waals surface area contributed by atoms with Gasteiger partial charge in [-0.3, -0.25) is 14.4 Å². The molecule has 0 rings (SSSR count). The SMILES string of the molecule is CCCCCCCCCCCCCC(=O)NC(CCC(=O)NCCCC)C(=O)NCCCC. The Morgan fingerprint density at radius 2 is 1.03 bits per heavy atom. The summed E-state index contributed by atoms with van der Waals surface area (Å²) in [6.45, 7) is 7.65. The summed E-state index contributed by atoms with van der Waals surface area (Å²) in [6, 6.07) is -0.640. The summed E-state index contributed by atoms with van der Waals surface area (Å²) >= 11 is 0. The first-order valence-electron chi connectivity index (χ1n) is 13.9. The molecule has 0 bridgehead atoms. The maximum Gasteiger partial charge on any atom is 0.242 e. The van der Waals surface area contributed by atoms with E-state index >= 15 is 0 Å². The van der Waals surface area contributed by atoms with Crippen LogP contribution in [0.4, 0.5) is 0 Å². The van der Waals surface area contributed by atoms with Crippen LogP contribution in [0.2, 0.25) is 0 Å². The van der Waals surface area contributed by atoms with Crippen molar-refractivity contribution in [3.63, 3.8) is 0 Å². The number of carbonyl (C=O) groups is 3. The van der Waals surface area contributed by atoms with E-state index in [1.807, 2.05) is 0 Å². The molecule has 6 heteroatoms. The zero-order valence-corrected chi connectivity index (χ0v) is 21.9. The lowest BCUT2D eigenvalue weighted by Gasteiger charge is -2.18. The molecule has 6 nitrogen and oxygen atoms in total. The monoisotopic (exact) mass is 467 g/mol. The van der Waals surface area contributed by atoms with Gasteiger partial charge in [0.05, 0.1) is 0 Å². The van der Waals surface area contributed by atoms with Crippen LogP contribution in [-0.4, -0.2) is 36.9 Å². The summed E-state index contributed by atoms with van der Waals surface area (Å²) in [6.07, 6.45) is 18.6. The van der Waals surface area contributed by atoms with Gasteiger partial charge in [0.2, 0.25) is 17.7 Å². The Bertz CT molecular complexity index is 497. The first-order chi connectivity index (χ1) is 16.0. The summed E-state index contributed by atoms with van der Waals surface area (Å²) in [5.74, 6) is -0.334. The van der Waals surface area contributed by atoms with Gasteiger partial charge >= 0.3 is 0 Å². The molecule has 0 saturated carbocycles. The Kier molecular flexibility index (Phi) is 22.4. The van der Waals surface area contributed by atoms with Crippen LogP contribution in [-0.2, 0) is 14.4 Å². The van der Waals surface area contributed by atoms with E-state index in [9.17, 15) is 14.4 Å². The van der Waals surface area contributed by atoms with Crippen molar-refractivity contribution < 1.29 is 14.4 Å². The van der Waals surface area contributed by atoms with E-state index in [-0.39, 0.29) is 24.1 Å². The average Bonchev–Trinajstić information content (AvgIpc) is 2.80. The van der Waals surface area contributed by atoms with Crippen LogP contribution in [0.15, 0.2) is 0 Å². The highest BCUT2D eigenvalue weighted by Crippen LogP contribution is 2.12. The molecule has 3 amide bonds. The fourth-order valence-electron chi connectivity index (χ4n) is 3.77. The zero-order valence-electron chi connectivity index (χ0n) is 21.9. The van der Waals surface area contributed by atoms with Gasteiger partial charge in [-0.15, -0.1) is 0 Å². The molecule has 0 aromatic rings. The third-order valence-corrected chi connectivity index (χ3v) is 6.00. The number of hydrogen-bond acceptors (Lipinski definition) is 3. The summed E-state index contributed by atoms with van der Waals surface area (Å²) in [7, 11) is 0. The topological polar surface area (TPSA) is 87.3 Å². The number of carbonyl (C=O) groups excluding carboxylic acids is 3. The number of hydrogen-bond donors (Lipinski definition) is 3. The molecule has 1 unspecified atom stereocenters. The van der Waals surface area contributed by atoms with Crippen LogP contribution in [0.25, 0.3) is 0 Å². The molecule has 0 spiro atoms. The van der Waals surface area contributed by atoms with Crippen LogP contribution in [0.1, 0.15) is 136 Å². The predicted molar refractivity (Wildman–Crippen MR) is 138 cm³/mol. The van der Waals surface area contributed by atoms with Crippen molar-refractivity contribution in [3.8, 4) is 0 Å².